The van der Waals surface area contributed by atoms with E-state index in [1.165, 1.54) is 6.92 Å². The first-order chi connectivity index (χ1) is 9.40. The van der Waals surface area contributed by atoms with Crippen LogP contribution >= 0.6 is 15.9 Å². The molecule has 6 nitrogen and oxygen atoms in total. The summed E-state index contributed by atoms with van der Waals surface area (Å²) in [5.74, 6) is -1.43. The van der Waals surface area contributed by atoms with Crippen molar-refractivity contribution in [1.29, 1.82) is 0 Å². The molecule has 0 saturated carbocycles. The molecule has 0 amide bonds. The molecule has 0 unspecified atom stereocenters. The molecule has 0 aromatic heterocycles. The van der Waals surface area contributed by atoms with Gasteiger partial charge >= 0.3 is 12.6 Å². The molecular weight excluding hydrogens is 344 g/mol. The first-order valence-electron chi connectivity index (χ1n) is 5.39. The standard InChI is InChI=1S/C11H10BrF2NO5/c1-2-19-10(16)7-4-8(15(17)18)6(5-12)3-9(7)20-11(13)14/h3-4,11H,2,5H2,1H3. The van der Waals surface area contributed by atoms with Gasteiger partial charge < -0.3 is 9.47 Å². The second kappa shape index (κ2) is 7.13. The topological polar surface area (TPSA) is 78.7 Å². The van der Waals surface area contributed by atoms with Crippen molar-refractivity contribution >= 4 is 27.6 Å². The molecule has 1 aromatic carbocycles. The molecule has 0 atom stereocenters. The number of carbonyl (C=O) groups excluding carboxylic acids is 1. The monoisotopic (exact) mass is 353 g/mol. The van der Waals surface area contributed by atoms with E-state index in [0.29, 0.717) is 0 Å². The summed E-state index contributed by atoms with van der Waals surface area (Å²) < 4.78 is 33.5. The van der Waals surface area contributed by atoms with E-state index in [4.69, 9.17) is 0 Å². The van der Waals surface area contributed by atoms with Crippen LogP contribution in [-0.4, -0.2) is 24.1 Å². The van der Waals surface area contributed by atoms with E-state index in [2.05, 4.69) is 25.4 Å². The zero-order valence-corrected chi connectivity index (χ0v) is 11.9. The third kappa shape index (κ3) is 3.86. The van der Waals surface area contributed by atoms with Crippen LogP contribution in [0.15, 0.2) is 12.1 Å². The van der Waals surface area contributed by atoms with Crippen molar-refractivity contribution in [2.75, 3.05) is 6.61 Å². The number of carbonyl (C=O) groups is 1. The number of hydrogen-bond donors (Lipinski definition) is 0. The largest absolute Gasteiger partial charge is 0.462 e. The minimum absolute atomic E-state index is 0.000938. The SMILES string of the molecule is CCOC(=O)c1cc([N+](=O)[O-])c(CBr)cc1OC(F)F. The molecule has 1 aromatic rings. The van der Waals surface area contributed by atoms with E-state index in [-0.39, 0.29) is 23.2 Å². The molecule has 0 heterocycles. The van der Waals surface area contributed by atoms with E-state index >= 15 is 0 Å². The van der Waals surface area contributed by atoms with Gasteiger partial charge in [0.05, 0.1) is 11.5 Å². The molecule has 0 aliphatic carbocycles. The van der Waals surface area contributed by atoms with Gasteiger partial charge in [0.1, 0.15) is 11.3 Å². The average Bonchev–Trinajstić information content (AvgIpc) is 2.37. The number of nitro benzene ring substituents is 1. The Morgan fingerprint density at radius 2 is 2.15 bits per heavy atom. The lowest BCUT2D eigenvalue weighted by molar-refractivity contribution is -0.385. The van der Waals surface area contributed by atoms with Gasteiger partial charge in [0, 0.05) is 17.0 Å². The first kappa shape index (κ1) is 16.3. The number of alkyl halides is 3. The van der Waals surface area contributed by atoms with Gasteiger partial charge in [0.2, 0.25) is 0 Å². The molecule has 0 bridgehead atoms. The highest BCUT2D eigenvalue weighted by atomic mass is 79.9. The number of ether oxygens (including phenoxy) is 2. The van der Waals surface area contributed by atoms with Crippen molar-refractivity contribution in [1.82, 2.24) is 0 Å². The summed E-state index contributed by atoms with van der Waals surface area (Å²) in [5.41, 5.74) is -0.686. The minimum Gasteiger partial charge on any atom is -0.462 e. The van der Waals surface area contributed by atoms with Crippen LogP contribution in [0.1, 0.15) is 22.8 Å². The molecule has 0 N–H and O–H groups in total. The van der Waals surface area contributed by atoms with E-state index in [1.54, 1.807) is 0 Å². The number of rotatable bonds is 6. The highest BCUT2D eigenvalue weighted by Gasteiger charge is 2.24. The Kier molecular flexibility index (Phi) is 5.81. The smallest absolute Gasteiger partial charge is 0.387 e. The number of nitrogens with zero attached hydrogens (tertiary/aromatic N) is 1. The predicted octanol–water partition coefficient (Wildman–Crippen LogP) is 3.27. The molecule has 20 heavy (non-hydrogen) atoms. The zero-order chi connectivity index (χ0) is 15.3. The lowest BCUT2D eigenvalue weighted by Crippen LogP contribution is -2.12. The normalized spacial score (nSPS) is 10.4. The van der Waals surface area contributed by atoms with Crippen molar-refractivity contribution in [3.63, 3.8) is 0 Å². The Bertz CT molecular complexity index is 524. The zero-order valence-electron chi connectivity index (χ0n) is 10.3. The van der Waals surface area contributed by atoms with Gasteiger partial charge in [-0.05, 0) is 13.0 Å². The van der Waals surface area contributed by atoms with E-state index in [0.717, 1.165) is 12.1 Å². The molecule has 9 heteroatoms. The Labute approximate surface area is 120 Å². The lowest BCUT2D eigenvalue weighted by Gasteiger charge is -2.11. The van der Waals surface area contributed by atoms with Crippen LogP contribution in [-0.2, 0) is 10.1 Å². The van der Waals surface area contributed by atoms with Gasteiger partial charge in [0.15, 0.2) is 0 Å². The van der Waals surface area contributed by atoms with Gasteiger partial charge in [-0.2, -0.15) is 8.78 Å². The van der Waals surface area contributed by atoms with Crippen LogP contribution in [0.3, 0.4) is 0 Å². The van der Waals surface area contributed by atoms with E-state index < -0.39 is 28.8 Å². The lowest BCUT2D eigenvalue weighted by atomic mass is 10.1. The molecule has 0 radical (unpaired) electrons. The molecule has 0 fully saturated rings. The number of nitro groups is 1. The van der Waals surface area contributed by atoms with Crippen molar-refractivity contribution in [2.45, 2.75) is 18.9 Å². The fraction of sp³-hybridized carbons (Fsp3) is 0.364. The summed E-state index contributed by atoms with van der Waals surface area (Å²) in [6.45, 7) is -1.64. The summed E-state index contributed by atoms with van der Waals surface area (Å²) in [6, 6.07) is 1.89. The average molecular weight is 354 g/mol. The Morgan fingerprint density at radius 1 is 1.50 bits per heavy atom. The summed E-state index contributed by atoms with van der Waals surface area (Å²) in [4.78, 5) is 21.8. The maximum atomic E-state index is 12.3. The maximum Gasteiger partial charge on any atom is 0.387 e. The third-order valence-electron chi connectivity index (χ3n) is 2.23. The fourth-order valence-corrected chi connectivity index (χ4v) is 1.90. The quantitative estimate of drug-likeness (QED) is 0.339. The van der Waals surface area contributed by atoms with Gasteiger partial charge in [-0.3, -0.25) is 10.1 Å². The Morgan fingerprint density at radius 3 is 2.60 bits per heavy atom. The highest BCUT2D eigenvalue weighted by molar-refractivity contribution is 9.08. The Hall–Kier alpha value is -1.77. The molecule has 110 valence electrons. The summed E-state index contributed by atoms with van der Waals surface area (Å²) >= 11 is 3.01. The van der Waals surface area contributed by atoms with Crippen LogP contribution in [0.25, 0.3) is 0 Å². The van der Waals surface area contributed by atoms with Gasteiger partial charge in [0.25, 0.3) is 5.69 Å². The number of benzene rings is 1. The van der Waals surface area contributed by atoms with Crippen molar-refractivity contribution in [3.8, 4) is 5.75 Å². The predicted molar refractivity (Wildman–Crippen MR) is 68.3 cm³/mol. The van der Waals surface area contributed by atoms with Crippen LogP contribution in [0.2, 0.25) is 0 Å². The first-order valence-corrected chi connectivity index (χ1v) is 6.52. The summed E-state index contributed by atoms with van der Waals surface area (Å²) in [5, 5.41) is 10.9. The Balaban J connectivity index is 3.39. The van der Waals surface area contributed by atoms with E-state index in [9.17, 15) is 23.7 Å². The molecule has 0 aliphatic heterocycles. The number of hydrogen-bond acceptors (Lipinski definition) is 5. The highest BCUT2D eigenvalue weighted by Crippen LogP contribution is 2.31. The van der Waals surface area contributed by atoms with Crippen molar-refractivity contribution in [2.24, 2.45) is 0 Å². The van der Waals surface area contributed by atoms with Crippen LogP contribution in [0.5, 0.6) is 5.75 Å². The minimum atomic E-state index is -3.16. The summed E-state index contributed by atoms with van der Waals surface area (Å²) in [7, 11) is 0. The molecule has 0 spiro atoms. The third-order valence-corrected chi connectivity index (χ3v) is 2.84. The van der Waals surface area contributed by atoms with Crippen molar-refractivity contribution in [3.05, 3.63) is 33.4 Å². The molecule has 0 saturated heterocycles. The van der Waals surface area contributed by atoms with E-state index in [1.807, 2.05) is 0 Å². The maximum absolute atomic E-state index is 12.3. The fourth-order valence-electron chi connectivity index (χ4n) is 1.45. The van der Waals surface area contributed by atoms with Crippen molar-refractivity contribution < 1.29 is 28.0 Å². The van der Waals surface area contributed by atoms with Gasteiger partial charge in [-0.15, -0.1) is 0 Å². The molecule has 1 rings (SSSR count). The molecular formula is C11H10BrF2NO5. The second-order valence-corrected chi connectivity index (χ2v) is 4.03. The second-order valence-electron chi connectivity index (χ2n) is 3.47. The van der Waals surface area contributed by atoms with Crippen LogP contribution < -0.4 is 4.74 Å². The van der Waals surface area contributed by atoms with Gasteiger partial charge in [-0.25, -0.2) is 4.79 Å². The number of halogens is 3. The summed E-state index contributed by atoms with van der Waals surface area (Å²) in [6.07, 6.45) is 0. The number of esters is 1. The van der Waals surface area contributed by atoms with Crippen LogP contribution in [0, 0.1) is 10.1 Å². The van der Waals surface area contributed by atoms with Gasteiger partial charge in [-0.1, -0.05) is 15.9 Å². The van der Waals surface area contributed by atoms with Crippen LogP contribution in [0.4, 0.5) is 14.5 Å². The molecule has 0 aliphatic rings.